The van der Waals surface area contributed by atoms with Gasteiger partial charge in [-0.05, 0) is 24.5 Å². The largest absolute Gasteiger partial charge is 0.483 e. The molecule has 2 aromatic rings. The molecule has 0 aliphatic carbocycles. The Morgan fingerprint density at radius 2 is 1.89 bits per heavy atom. The molecule has 3 heterocycles. The van der Waals surface area contributed by atoms with Gasteiger partial charge in [0.15, 0.2) is 5.82 Å². The highest BCUT2D eigenvalue weighted by atomic mass is 19.1. The van der Waals surface area contributed by atoms with Gasteiger partial charge in [0.1, 0.15) is 0 Å². The van der Waals surface area contributed by atoms with E-state index in [-0.39, 0.29) is 30.1 Å². The molecule has 0 saturated carbocycles. The summed E-state index contributed by atoms with van der Waals surface area (Å²) >= 11 is 0. The molecule has 1 aromatic heterocycles. The molecule has 1 aromatic carbocycles. The van der Waals surface area contributed by atoms with Crippen molar-refractivity contribution in [3.63, 3.8) is 0 Å². The van der Waals surface area contributed by atoms with Gasteiger partial charge in [0, 0.05) is 32.1 Å². The van der Waals surface area contributed by atoms with Gasteiger partial charge in [-0.2, -0.15) is 0 Å². The molecule has 4 rings (SSSR count). The van der Waals surface area contributed by atoms with E-state index < -0.39 is 0 Å². The number of pyridine rings is 1. The van der Waals surface area contributed by atoms with Crippen LogP contribution in [0.1, 0.15) is 37.4 Å². The number of hydrogen-bond donors (Lipinski definition) is 2. The van der Waals surface area contributed by atoms with Crippen LogP contribution in [0.25, 0.3) is 0 Å². The van der Waals surface area contributed by atoms with Crippen LogP contribution in [0.4, 0.5) is 10.1 Å². The lowest BCUT2D eigenvalue weighted by atomic mass is 9.81. The lowest BCUT2D eigenvalue weighted by Gasteiger charge is -2.48. The molecule has 2 aliphatic rings. The van der Waals surface area contributed by atoms with Gasteiger partial charge >= 0.3 is 0 Å². The number of carbonyl (C=O) groups is 1. The average Bonchev–Trinajstić information content (AvgIpc) is 2.70. The molecule has 2 saturated heterocycles. The number of aliphatic hydroxyl groups is 1. The molecule has 0 bridgehead atoms. The Labute approximate surface area is 163 Å². The molecule has 0 radical (unpaired) electrons. The number of ether oxygens (including phenoxy) is 1. The van der Waals surface area contributed by atoms with Crippen LogP contribution in [-0.4, -0.2) is 46.5 Å². The summed E-state index contributed by atoms with van der Waals surface area (Å²) in [6.45, 7) is 1.18. The van der Waals surface area contributed by atoms with Crippen LogP contribution in [-0.2, 0) is 9.53 Å². The van der Waals surface area contributed by atoms with Crippen LogP contribution >= 0.6 is 0 Å². The third-order valence-corrected chi connectivity index (χ3v) is 5.42. The SMILES string of the molecule is O=CO.O[C@H]1C[C@H](c2ccccc2)OC2(CCN(c3ccncc3F)CC2)C1. The lowest BCUT2D eigenvalue weighted by molar-refractivity contribution is -0.173. The van der Waals surface area contributed by atoms with E-state index in [1.165, 1.54) is 6.20 Å². The Morgan fingerprint density at radius 1 is 1.21 bits per heavy atom. The minimum Gasteiger partial charge on any atom is -0.483 e. The van der Waals surface area contributed by atoms with Crippen molar-refractivity contribution in [3.05, 3.63) is 60.2 Å². The second kappa shape index (κ2) is 9.12. The summed E-state index contributed by atoms with van der Waals surface area (Å²) in [6, 6.07) is 11.8. The second-order valence-electron chi connectivity index (χ2n) is 7.21. The highest BCUT2D eigenvalue weighted by molar-refractivity contribution is 5.46. The molecule has 2 N–H and O–H groups in total. The molecule has 2 atom stereocenters. The molecular formula is C21H25FN2O4. The maximum Gasteiger partial charge on any atom is 0.290 e. The quantitative estimate of drug-likeness (QED) is 0.769. The van der Waals surface area contributed by atoms with Gasteiger partial charge in [0.25, 0.3) is 6.47 Å². The van der Waals surface area contributed by atoms with E-state index in [1.54, 1.807) is 12.3 Å². The number of carboxylic acid groups (broad SMARTS) is 1. The van der Waals surface area contributed by atoms with Gasteiger partial charge in [0.2, 0.25) is 0 Å². The number of aliphatic hydroxyl groups excluding tert-OH is 1. The zero-order chi connectivity index (χ0) is 20.0. The van der Waals surface area contributed by atoms with E-state index in [9.17, 15) is 9.50 Å². The first-order valence-corrected chi connectivity index (χ1v) is 9.40. The topological polar surface area (TPSA) is 82.9 Å². The fourth-order valence-corrected chi connectivity index (χ4v) is 4.13. The van der Waals surface area contributed by atoms with Crippen molar-refractivity contribution in [2.45, 2.75) is 43.5 Å². The van der Waals surface area contributed by atoms with Gasteiger partial charge in [-0.25, -0.2) is 4.39 Å². The predicted molar refractivity (Wildman–Crippen MR) is 103 cm³/mol. The molecule has 2 fully saturated rings. The first-order chi connectivity index (χ1) is 13.6. The van der Waals surface area contributed by atoms with Gasteiger partial charge < -0.3 is 19.8 Å². The van der Waals surface area contributed by atoms with E-state index in [2.05, 4.69) is 17.1 Å². The maximum absolute atomic E-state index is 14.0. The number of rotatable bonds is 2. The van der Waals surface area contributed by atoms with Crippen LogP contribution in [0.2, 0.25) is 0 Å². The summed E-state index contributed by atoms with van der Waals surface area (Å²) in [6.07, 6.45) is 5.31. The van der Waals surface area contributed by atoms with Crippen LogP contribution in [0.5, 0.6) is 0 Å². The van der Waals surface area contributed by atoms with Crippen LogP contribution in [0.15, 0.2) is 48.8 Å². The third-order valence-electron chi connectivity index (χ3n) is 5.42. The smallest absolute Gasteiger partial charge is 0.290 e. The van der Waals surface area contributed by atoms with E-state index in [0.717, 1.165) is 31.5 Å². The Kier molecular flexibility index (Phi) is 6.59. The standard InChI is InChI=1S/C20H23FN2O2.CH2O2/c21-17-14-22-9-6-18(17)23-10-7-20(8-11-23)13-16(24)12-19(25-20)15-4-2-1-3-5-15;2-1-3/h1-6,9,14,16,19,24H,7-8,10-13H2;1H,(H,2,3)/t16-,19+;/m0./s1. The molecule has 2 aliphatic heterocycles. The Balaban J connectivity index is 0.000000706. The van der Waals surface area contributed by atoms with Crippen molar-refractivity contribution in [1.82, 2.24) is 4.98 Å². The summed E-state index contributed by atoms with van der Waals surface area (Å²) < 4.78 is 20.5. The normalized spacial score (nSPS) is 23.6. The summed E-state index contributed by atoms with van der Waals surface area (Å²) in [5.74, 6) is -0.287. The van der Waals surface area contributed by atoms with Gasteiger partial charge in [0.05, 0.1) is 29.7 Å². The Bertz CT molecular complexity index is 766. The number of nitrogens with zero attached hydrogens (tertiary/aromatic N) is 2. The molecule has 7 heteroatoms. The molecule has 6 nitrogen and oxygen atoms in total. The number of hydrogen-bond acceptors (Lipinski definition) is 5. The minimum atomic E-state index is -0.358. The highest BCUT2D eigenvalue weighted by Gasteiger charge is 2.43. The zero-order valence-corrected chi connectivity index (χ0v) is 15.6. The summed E-state index contributed by atoms with van der Waals surface area (Å²) in [5.41, 5.74) is 1.39. The molecule has 0 amide bonds. The van der Waals surface area contributed by atoms with Crippen molar-refractivity contribution >= 4 is 12.2 Å². The maximum atomic E-state index is 14.0. The minimum absolute atomic E-state index is 0.0749. The zero-order valence-electron chi connectivity index (χ0n) is 15.6. The highest BCUT2D eigenvalue weighted by Crippen LogP contribution is 2.43. The number of aromatic nitrogens is 1. The Hall–Kier alpha value is -2.51. The lowest BCUT2D eigenvalue weighted by Crippen LogP contribution is -2.51. The first-order valence-electron chi connectivity index (χ1n) is 9.40. The number of halogens is 1. The molecule has 1 spiro atoms. The molecular weight excluding hydrogens is 363 g/mol. The summed E-state index contributed by atoms with van der Waals surface area (Å²) in [7, 11) is 0. The molecule has 0 unspecified atom stereocenters. The van der Waals surface area contributed by atoms with Gasteiger partial charge in [-0.1, -0.05) is 30.3 Å². The summed E-state index contributed by atoms with van der Waals surface area (Å²) in [5, 5.41) is 17.3. The molecule has 150 valence electrons. The predicted octanol–water partition coefficient (Wildman–Crippen LogP) is 3.17. The van der Waals surface area contributed by atoms with E-state index >= 15 is 0 Å². The van der Waals surface area contributed by atoms with E-state index in [1.807, 2.05) is 23.1 Å². The fourth-order valence-electron chi connectivity index (χ4n) is 4.13. The number of anilines is 1. The van der Waals surface area contributed by atoms with Crippen LogP contribution in [0.3, 0.4) is 0 Å². The Morgan fingerprint density at radius 3 is 2.54 bits per heavy atom. The van der Waals surface area contributed by atoms with E-state index in [0.29, 0.717) is 18.5 Å². The van der Waals surface area contributed by atoms with Crippen molar-refractivity contribution in [1.29, 1.82) is 0 Å². The summed E-state index contributed by atoms with van der Waals surface area (Å²) in [4.78, 5) is 14.2. The van der Waals surface area contributed by atoms with Gasteiger partial charge in [-0.3, -0.25) is 9.78 Å². The second-order valence-corrected chi connectivity index (χ2v) is 7.21. The molecule has 28 heavy (non-hydrogen) atoms. The number of benzene rings is 1. The first kappa shape index (κ1) is 20.2. The van der Waals surface area contributed by atoms with Crippen molar-refractivity contribution in [3.8, 4) is 0 Å². The van der Waals surface area contributed by atoms with Crippen molar-refractivity contribution in [2.75, 3.05) is 18.0 Å². The third kappa shape index (κ3) is 4.66. The fraction of sp³-hybridized carbons (Fsp3) is 0.429. The van der Waals surface area contributed by atoms with Crippen molar-refractivity contribution < 1.29 is 24.1 Å². The monoisotopic (exact) mass is 388 g/mol. The average molecular weight is 388 g/mol. The van der Waals surface area contributed by atoms with E-state index in [4.69, 9.17) is 14.6 Å². The van der Waals surface area contributed by atoms with Crippen LogP contribution in [0, 0.1) is 5.82 Å². The van der Waals surface area contributed by atoms with Crippen molar-refractivity contribution in [2.24, 2.45) is 0 Å². The number of piperidine rings is 1. The van der Waals surface area contributed by atoms with Gasteiger partial charge in [-0.15, -0.1) is 0 Å². The van der Waals surface area contributed by atoms with Crippen LogP contribution < -0.4 is 4.90 Å².